The summed E-state index contributed by atoms with van der Waals surface area (Å²) in [6.45, 7) is 2.90. The molecular formula is C28H30N2O3S. The fraction of sp³-hybridized carbons (Fsp3) is 0.286. The molecular weight excluding hydrogens is 444 g/mol. The molecule has 6 heteroatoms. The molecule has 0 amide bonds. The fourth-order valence-corrected chi connectivity index (χ4v) is 6.14. The van der Waals surface area contributed by atoms with Crippen molar-refractivity contribution in [3.8, 4) is 5.75 Å². The Hall–Kier alpha value is -3.09. The summed E-state index contributed by atoms with van der Waals surface area (Å²) in [5.74, 6) is 1.32. The van der Waals surface area contributed by atoms with Crippen molar-refractivity contribution < 1.29 is 13.2 Å². The Balaban J connectivity index is 1.45. The van der Waals surface area contributed by atoms with Gasteiger partial charge in [0, 0.05) is 23.7 Å². The van der Waals surface area contributed by atoms with Crippen molar-refractivity contribution in [3.05, 3.63) is 102 Å². The van der Waals surface area contributed by atoms with Crippen LogP contribution in [0.15, 0.2) is 89.8 Å². The number of rotatable bonds is 8. The molecule has 0 aromatic heterocycles. The molecule has 5 nitrogen and oxygen atoms in total. The minimum absolute atomic E-state index is 0.0696. The van der Waals surface area contributed by atoms with Gasteiger partial charge in [-0.2, -0.15) is 0 Å². The number of ether oxygens (including phenoxy) is 1. The number of para-hydroxylation sites is 1. The Kier molecular flexibility index (Phi) is 6.44. The van der Waals surface area contributed by atoms with Crippen LogP contribution in [-0.2, 0) is 16.6 Å². The van der Waals surface area contributed by atoms with Crippen molar-refractivity contribution in [2.75, 3.05) is 11.9 Å². The Bertz CT molecular complexity index is 1290. The topological polar surface area (TPSA) is 67.4 Å². The molecule has 1 heterocycles. The fourth-order valence-electron chi connectivity index (χ4n) is 4.97. The molecule has 5 rings (SSSR count). The first kappa shape index (κ1) is 22.7. The molecule has 0 saturated heterocycles. The van der Waals surface area contributed by atoms with Crippen molar-refractivity contribution in [1.82, 2.24) is 4.72 Å². The van der Waals surface area contributed by atoms with Gasteiger partial charge in [0.2, 0.25) is 10.0 Å². The van der Waals surface area contributed by atoms with E-state index in [0.29, 0.717) is 18.0 Å². The SMILES string of the molecule is CCCNS(=O)(=O)c1ccc2c(c1)C1C=CCC1C(c1ccccc1OCc1ccccc1)N2. The minimum atomic E-state index is -3.51. The number of allylic oxidation sites excluding steroid dienone is 2. The van der Waals surface area contributed by atoms with E-state index in [1.165, 1.54) is 0 Å². The largest absolute Gasteiger partial charge is 0.489 e. The molecule has 0 radical (unpaired) electrons. The zero-order chi connectivity index (χ0) is 23.5. The van der Waals surface area contributed by atoms with E-state index in [0.717, 1.165) is 41.0 Å². The average Bonchev–Trinajstić information content (AvgIpc) is 3.37. The van der Waals surface area contributed by atoms with Crippen molar-refractivity contribution in [1.29, 1.82) is 0 Å². The number of hydrogen-bond donors (Lipinski definition) is 2. The second kappa shape index (κ2) is 9.65. The highest BCUT2D eigenvalue weighted by Gasteiger charge is 2.39. The Morgan fingerprint density at radius 2 is 1.79 bits per heavy atom. The Morgan fingerprint density at radius 1 is 1.00 bits per heavy atom. The number of hydrogen-bond acceptors (Lipinski definition) is 4. The van der Waals surface area contributed by atoms with Crippen LogP contribution in [-0.4, -0.2) is 15.0 Å². The lowest BCUT2D eigenvalue weighted by Crippen LogP contribution is -2.30. The number of benzene rings is 3. The molecule has 0 fully saturated rings. The first-order valence-corrected chi connectivity index (χ1v) is 13.4. The zero-order valence-corrected chi connectivity index (χ0v) is 20.1. The number of anilines is 1. The highest BCUT2D eigenvalue weighted by molar-refractivity contribution is 7.89. The predicted molar refractivity (Wildman–Crippen MR) is 135 cm³/mol. The van der Waals surface area contributed by atoms with Crippen molar-refractivity contribution >= 4 is 15.7 Å². The molecule has 3 aromatic rings. The van der Waals surface area contributed by atoms with Crippen LogP contribution >= 0.6 is 0 Å². The van der Waals surface area contributed by atoms with Gasteiger partial charge in [0.1, 0.15) is 12.4 Å². The summed E-state index contributed by atoms with van der Waals surface area (Å²) in [4.78, 5) is 0.325. The molecule has 3 unspecified atom stereocenters. The zero-order valence-electron chi connectivity index (χ0n) is 19.3. The summed E-state index contributed by atoms with van der Waals surface area (Å²) >= 11 is 0. The lowest BCUT2D eigenvalue weighted by Gasteiger charge is -2.38. The van der Waals surface area contributed by atoms with Gasteiger partial charge >= 0.3 is 0 Å². The number of sulfonamides is 1. The minimum Gasteiger partial charge on any atom is -0.489 e. The smallest absolute Gasteiger partial charge is 0.240 e. The van der Waals surface area contributed by atoms with E-state index in [9.17, 15) is 8.42 Å². The lowest BCUT2D eigenvalue weighted by molar-refractivity contribution is 0.296. The Morgan fingerprint density at radius 3 is 2.62 bits per heavy atom. The summed E-state index contributed by atoms with van der Waals surface area (Å²) in [6, 6.07) is 23.9. The first-order chi connectivity index (χ1) is 16.6. The molecule has 3 atom stereocenters. The van der Waals surface area contributed by atoms with Crippen LogP contribution in [0.25, 0.3) is 0 Å². The summed E-state index contributed by atoms with van der Waals surface area (Å²) in [6.07, 6.45) is 6.12. The third-order valence-electron chi connectivity index (χ3n) is 6.68. The van der Waals surface area contributed by atoms with Crippen LogP contribution < -0.4 is 14.8 Å². The molecule has 1 aliphatic carbocycles. The molecule has 0 bridgehead atoms. The molecule has 176 valence electrons. The normalized spacial score (nSPS) is 20.9. The molecule has 1 aliphatic heterocycles. The molecule has 0 spiro atoms. The van der Waals surface area contributed by atoms with E-state index in [1.807, 2.05) is 55.5 Å². The van der Waals surface area contributed by atoms with Crippen molar-refractivity contribution in [2.24, 2.45) is 5.92 Å². The number of fused-ring (bicyclic) bond motifs is 3. The summed E-state index contributed by atoms with van der Waals surface area (Å²) in [5, 5.41) is 3.71. The van der Waals surface area contributed by atoms with Gasteiger partial charge in [0.05, 0.1) is 10.9 Å². The van der Waals surface area contributed by atoms with E-state index in [1.54, 1.807) is 6.07 Å². The van der Waals surface area contributed by atoms with E-state index in [4.69, 9.17) is 4.74 Å². The van der Waals surface area contributed by atoms with E-state index >= 15 is 0 Å². The Labute approximate surface area is 201 Å². The van der Waals surface area contributed by atoms with E-state index in [2.05, 4.69) is 40.4 Å². The van der Waals surface area contributed by atoms with Crippen molar-refractivity contribution in [3.63, 3.8) is 0 Å². The standard InChI is InChI=1S/C28H30N2O3S/c1-2-17-29-34(31,32)21-15-16-26-25(18-21)22-12-8-13-23(22)28(30-26)24-11-6-7-14-27(24)33-19-20-9-4-3-5-10-20/h3-12,14-16,18,22-23,28-30H,2,13,17,19H2,1H3. The van der Waals surface area contributed by atoms with Crippen LogP contribution in [0.3, 0.4) is 0 Å². The van der Waals surface area contributed by atoms with Gasteiger partial charge in [-0.05, 0) is 54.2 Å². The third-order valence-corrected chi connectivity index (χ3v) is 8.14. The molecule has 2 aliphatic rings. The van der Waals surface area contributed by atoms with Gasteiger partial charge < -0.3 is 10.1 Å². The van der Waals surface area contributed by atoms with Crippen LogP contribution in [0.5, 0.6) is 5.75 Å². The molecule has 2 N–H and O–H groups in total. The van der Waals surface area contributed by atoms with Gasteiger partial charge in [-0.3, -0.25) is 0 Å². The van der Waals surface area contributed by atoms with Gasteiger partial charge in [0.15, 0.2) is 0 Å². The highest BCUT2D eigenvalue weighted by atomic mass is 32.2. The van der Waals surface area contributed by atoms with Gasteiger partial charge in [-0.25, -0.2) is 13.1 Å². The van der Waals surface area contributed by atoms with Gasteiger partial charge in [0.25, 0.3) is 0 Å². The maximum Gasteiger partial charge on any atom is 0.240 e. The number of nitrogens with one attached hydrogen (secondary N) is 2. The predicted octanol–water partition coefficient (Wildman–Crippen LogP) is 5.78. The summed E-state index contributed by atoms with van der Waals surface area (Å²) in [7, 11) is -3.51. The van der Waals surface area contributed by atoms with Crippen LogP contribution in [0.1, 0.15) is 48.4 Å². The molecule has 34 heavy (non-hydrogen) atoms. The highest BCUT2D eigenvalue weighted by Crippen LogP contribution is 2.51. The van der Waals surface area contributed by atoms with Crippen LogP contribution in [0.4, 0.5) is 5.69 Å². The quantitative estimate of drug-likeness (QED) is 0.406. The maximum atomic E-state index is 12.7. The summed E-state index contributed by atoms with van der Waals surface area (Å²) < 4.78 is 34.4. The van der Waals surface area contributed by atoms with Gasteiger partial charge in [-0.1, -0.05) is 67.6 Å². The van der Waals surface area contributed by atoms with Gasteiger partial charge in [-0.15, -0.1) is 0 Å². The monoisotopic (exact) mass is 474 g/mol. The molecule has 0 saturated carbocycles. The second-order valence-corrected chi connectivity index (χ2v) is 10.7. The second-order valence-electron chi connectivity index (χ2n) is 8.93. The summed E-state index contributed by atoms with van der Waals surface area (Å²) in [5.41, 5.74) is 4.27. The molecule has 3 aromatic carbocycles. The maximum absolute atomic E-state index is 12.7. The average molecular weight is 475 g/mol. The third kappa shape index (κ3) is 4.48. The van der Waals surface area contributed by atoms with Crippen LogP contribution in [0, 0.1) is 5.92 Å². The van der Waals surface area contributed by atoms with E-state index < -0.39 is 10.0 Å². The first-order valence-electron chi connectivity index (χ1n) is 11.9. The van der Waals surface area contributed by atoms with E-state index in [-0.39, 0.29) is 17.9 Å². The lowest BCUT2D eigenvalue weighted by atomic mass is 9.77. The van der Waals surface area contributed by atoms with Crippen LogP contribution in [0.2, 0.25) is 0 Å². The van der Waals surface area contributed by atoms with Crippen molar-refractivity contribution in [2.45, 2.75) is 43.2 Å².